The predicted molar refractivity (Wildman–Crippen MR) is 136 cm³/mol. The number of nitro groups is 1. The molecule has 1 saturated heterocycles. The Morgan fingerprint density at radius 3 is 2.26 bits per heavy atom. The molecule has 1 aromatic heterocycles. The molecule has 0 radical (unpaired) electrons. The first kappa shape index (κ1) is 23.3. The Balaban J connectivity index is 1.56. The second-order valence-corrected chi connectivity index (χ2v) is 10.5. The number of imide groups is 1. The van der Waals surface area contributed by atoms with Crippen molar-refractivity contribution < 1.29 is 14.5 Å². The molecule has 2 aliphatic rings. The van der Waals surface area contributed by atoms with Gasteiger partial charge in [0.1, 0.15) is 5.25 Å². The van der Waals surface area contributed by atoms with Gasteiger partial charge < -0.3 is 9.88 Å². The normalized spacial score (nSPS) is 21.1. The van der Waals surface area contributed by atoms with Crippen LogP contribution in [0.3, 0.4) is 0 Å². The minimum absolute atomic E-state index is 0.120. The van der Waals surface area contributed by atoms with Crippen molar-refractivity contribution in [3.05, 3.63) is 78.8 Å². The van der Waals surface area contributed by atoms with Crippen molar-refractivity contribution in [1.82, 2.24) is 4.98 Å². The molecule has 0 aliphatic carbocycles. The summed E-state index contributed by atoms with van der Waals surface area (Å²) < 4.78 is 0. The molecule has 35 heavy (non-hydrogen) atoms. The van der Waals surface area contributed by atoms with E-state index in [1.165, 1.54) is 36.0 Å². The molecule has 3 atom stereocenters. The van der Waals surface area contributed by atoms with Crippen molar-refractivity contribution in [2.45, 2.75) is 30.0 Å². The van der Waals surface area contributed by atoms with Gasteiger partial charge in [-0.3, -0.25) is 24.5 Å². The molecule has 0 saturated carbocycles. The molecule has 11 heteroatoms. The fraction of sp³-hybridized carbons (Fsp3) is 0.292. The van der Waals surface area contributed by atoms with Crippen molar-refractivity contribution in [2.75, 3.05) is 22.9 Å². The number of H-pyrrole nitrogens is 1. The van der Waals surface area contributed by atoms with E-state index >= 15 is 0 Å². The van der Waals surface area contributed by atoms with Crippen molar-refractivity contribution >= 4 is 52.0 Å². The number of amides is 2. The van der Waals surface area contributed by atoms with E-state index in [-0.39, 0.29) is 22.4 Å². The number of aromatic nitrogens is 1. The van der Waals surface area contributed by atoms with E-state index in [9.17, 15) is 24.5 Å². The summed E-state index contributed by atoms with van der Waals surface area (Å²) in [5.74, 6) is -1.90. The molecule has 180 valence electrons. The minimum Gasteiger partial charge on any atom is -0.372 e. The maximum absolute atomic E-state index is 13.7. The number of fused-ring (bicyclic) bond motifs is 2. The van der Waals surface area contributed by atoms with Gasteiger partial charge in [-0.15, -0.1) is 0 Å². The van der Waals surface area contributed by atoms with E-state index in [1.807, 2.05) is 24.3 Å². The van der Waals surface area contributed by atoms with Crippen LogP contribution in [0.4, 0.5) is 17.1 Å². The first-order chi connectivity index (χ1) is 16.8. The summed E-state index contributed by atoms with van der Waals surface area (Å²) in [6.45, 7) is 5.89. The number of carbonyl (C=O) groups is 2. The number of carbonyl (C=O) groups excluding carboxylic acids is 2. The van der Waals surface area contributed by atoms with Gasteiger partial charge in [0.15, 0.2) is 0 Å². The fourth-order valence-corrected chi connectivity index (χ4v) is 7.35. The van der Waals surface area contributed by atoms with Crippen LogP contribution in [0.15, 0.2) is 58.4 Å². The lowest BCUT2D eigenvalue weighted by molar-refractivity contribution is -0.384. The Kier molecular flexibility index (Phi) is 5.97. The predicted octanol–water partition coefficient (Wildman–Crippen LogP) is 3.99. The van der Waals surface area contributed by atoms with E-state index < -0.39 is 22.0 Å². The Labute approximate surface area is 208 Å². The van der Waals surface area contributed by atoms with E-state index in [1.54, 1.807) is 0 Å². The number of aromatic amines is 1. The molecule has 0 bridgehead atoms. The molecule has 1 fully saturated rings. The van der Waals surface area contributed by atoms with Crippen LogP contribution >= 0.6 is 23.1 Å². The maximum Gasteiger partial charge on any atom is 0.305 e. The largest absolute Gasteiger partial charge is 0.372 e. The molecule has 0 spiro atoms. The zero-order valence-corrected chi connectivity index (χ0v) is 20.6. The number of non-ortho nitro benzene ring substituents is 1. The van der Waals surface area contributed by atoms with Crippen molar-refractivity contribution in [1.29, 1.82) is 0 Å². The Morgan fingerprint density at radius 1 is 1.00 bits per heavy atom. The number of hydrogen-bond acceptors (Lipinski definition) is 8. The van der Waals surface area contributed by atoms with E-state index in [2.05, 4.69) is 23.7 Å². The van der Waals surface area contributed by atoms with Crippen molar-refractivity contribution in [2.24, 2.45) is 5.92 Å². The average Bonchev–Trinajstić information content (AvgIpc) is 3.35. The van der Waals surface area contributed by atoms with Gasteiger partial charge in [0.25, 0.3) is 5.69 Å². The molecule has 9 nitrogen and oxygen atoms in total. The van der Waals surface area contributed by atoms with Gasteiger partial charge in [-0.2, -0.15) is 0 Å². The number of rotatable bonds is 6. The number of anilines is 2. The van der Waals surface area contributed by atoms with Crippen molar-refractivity contribution in [3.63, 3.8) is 0 Å². The highest BCUT2D eigenvalue weighted by Crippen LogP contribution is 2.53. The minimum atomic E-state index is -0.706. The number of thioether (sulfide) groups is 1. The second kappa shape index (κ2) is 8.97. The maximum atomic E-state index is 13.7. The van der Waals surface area contributed by atoms with Crippen LogP contribution < -0.4 is 14.7 Å². The lowest BCUT2D eigenvalue weighted by Gasteiger charge is -2.30. The average molecular weight is 511 g/mol. The lowest BCUT2D eigenvalue weighted by Crippen LogP contribution is -2.32. The topological polar surface area (TPSA) is 117 Å². The van der Waals surface area contributed by atoms with Crippen LogP contribution in [-0.4, -0.2) is 40.1 Å². The molecule has 3 heterocycles. The molecule has 3 aromatic rings. The summed E-state index contributed by atoms with van der Waals surface area (Å²) in [7, 11) is 0. The zero-order valence-electron chi connectivity index (χ0n) is 19.0. The lowest BCUT2D eigenvalue weighted by atomic mass is 9.83. The number of nitrogens with zero attached hydrogens (tertiary/aromatic N) is 3. The SMILES string of the molecule is CCN(CC)c1ccc([C@H]2c3sc(=O)[nH]c3SC3C(=O)N(c4ccc([N+](=O)[O-])cc4)C(=O)C32)cc1. The summed E-state index contributed by atoms with van der Waals surface area (Å²) in [5, 5.41) is 10.9. The van der Waals surface area contributed by atoms with Gasteiger partial charge in [0.2, 0.25) is 11.8 Å². The third kappa shape index (κ3) is 3.84. The van der Waals surface area contributed by atoms with Crippen LogP contribution in [0, 0.1) is 16.0 Å². The van der Waals surface area contributed by atoms with Gasteiger partial charge in [-0.1, -0.05) is 35.2 Å². The third-order valence-electron chi connectivity index (χ3n) is 6.52. The fourth-order valence-electron chi connectivity index (χ4n) is 4.84. The molecule has 1 N–H and O–H groups in total. The first-order valence-corrected chi connectivity index (χ1v) is 12.9. The zero-order chi connectivity index (χ0) is 24.9. The highest BCUT2D eigenvalue weighted by atomic mass is 32.2. The van der Waals surface area contributed by atoms with Crippen LogP contribution in [0.1, 0.15) is 30.2 Å². The molecule has 2 aromatic carbocycles. The third-order valence-corrected chi connectivity index (χ3v) is 8.92. The molecular weight excluding hydrogens is 488 g/mol. The van der Waals surface area contributed by atoms with Crippen molar-refractivity contribution in [3.8, 4) is 0 Å². The summed E-state index contributed by atoms with van der Waals surface area (Å²) in [5.41, 5.74) is 2.10. The quantitative estimate of drug-likeness (QED) is 0.303. The first-order valence-electron chi connectivity index (χ1n) is 11.2. The number of thiazole rings is 1. The summed E-state index contributed by atoms with van der Waals surface area (Å²) in [6.07, 6.45) is 0. The number of nitro benzene ring substituents is 1. The molecule has 2 unspecified atom stereocenters. The standard InChI is InChI=1S/C24H22N4O5S2/c1-3-26(4-2)14-7-5-13(6-8-14)17-18-20(34-21-19(17)35-24(31)25-21)23(30)27(22(18)29)15-9-11-16(12-10-15)28(32)33/h5-12,17-18,20H,3-4H2,1-2H3,(H,25,31)/t17-,18?,20?/m1/s1. The highest BCUT2D eigenvalue weighted by molar-refractivity contribution is 8.00. The number of hydrogen-bond donors (Lipinski definition) is 1. The van der Waals surface area contributed by atoms with E-state index in [4.69, 9.17) is 0 Å². The Morgan fingerprint density at radius 2 is 1.66 bits per heavy atom. The van der Waals surface area contributed by atoms with E-state index in [0.29, 0.717) is 10.7 Å². The van der Waals surface area contributed by atoms with Gasteiger partial charge in [-0.05, 0) is 43.7 Å². The van der Waals surface area contributed by atoms with Gasteiger partial charge in [-0.25, -0.2) is 4.90 Å². The molecular formula is C24H22N4O5S2. The van der Waals surface area contributed by atoms with Gasteiger partial charge in [0.05, 0.1) is 21.6 Å². The smallest absolute Gasteiger partial charge is 0.305 e. The van der Waals surface area contributed by atoms with Crippen LogP contribution in [-0.2, 0) is 9.59 Å². The molecule has 5 rings (SSSR count). The highest BCUT2D eigenvalue weighted by Gasteiger charge is 2.56. The second-order valence-electron chi connectivity index (χ2n) is 8.30. The molecule has 2 aliphatic heterocycles. The van der Waals surface area contributed by atoms with Crippen LogP contribution in [0.5, 0.6) is 0 Å². The monoisotopic (exact) mass is 510 g/mol. The number of benzene rings is 2. The Hall–Kier alpha value is -3.44. The van der Waals surface area contributed by atoms with Crippen LogP contribution in [0.25, 0.3) is 0 Å². The van der Waals surface area contributed by atoms with Gasteiger partial charge in [0, 0.05) is 41.7 Å². The van der Waals surface area contributed by atoms with Crippen LogP contribution in [0.2, 0.25) is 0 Å². The Bertz CT molecular complexity index is 1360. The van der Waals surface area contributed by atoms with Gasteiger partial charge >= 0.3 is 4.87 Å². The van der Waals surface area contributed by atoms with E-state index in [0.717, 1.165) is 45.5 Å². The summed E-state index contributed by atoms with van der Waals surface area (Å²) in [4.78, 5) is 56.5. The number of nitrogens with one attached hydrogen (secondary N) is 1. The molecule has 2 amide bonds. The summed E-state index contributed by atoms with van der Waals surface area (Å²) >= 11 is 2.27. The summed E-state index contributed by atoms with van der Waals surface area (Å²) in [6, 6.07) is 13.3.